The Balaban J connectivity index is 1.78. The van der Waals surface area contributed by atoms with Crippen molar-refractivity contribution in [1.82, 2.24) is 4.90 Å². The molecule has 2 aromatic carbocycles. The number of benzene rings is 2. The van der Waals surface area contributed by atoms with Crippen molar-refractivity contribution in [2.75, 3.05) is 12.4 Å². The summed E-state index contributed by atoms with van der Waals surface area (Å²) in [5.74, 6) is 0.854. The molecule has 1 aliphatic carbocycles. The highest BCUT2D eigenvalue weighted by molar-refractivity contribution is 5.89. The number of nitrogens with zero attached hydrogens (tertiary/aromatic N) is 1. The van der Waals surface area contributed by atoms with Gasteiger partial charge in [-0.15, -0.1) is 0 Å². The number of hydrogen-bond donors (Lipinski definition) is 3. The fraction of sp³-hybridized carbons (Fsp3) is 0.381. The lowest BCUT2D eigenvalue weighted by Crippen LogP contribution is -2.44. The molecule has 1 saturated carbocycles. The maximum Gasteiger partial charge on any atom is 0.322 e. The van der Waals surface area contributed by atoms with Gasteiger partial charge in [-0.1, -0.05) is 18.2 Å². The molecular weight excluding hydrogens is 344 g/mol. The van der Waals surface area contributed by atoms with Gasteiger partial charge in [0, 0.05) is 24.3 Å². The van der Waals surface area contributed by atoms with E-state index in [4.69, 9.17) is 4.74 Å². The number of carbonyl (C=O) groups is 1. The van der Waals surface area contributed by atoms with Crippen LogP contribution in [-0.2, 0) is 6.54 Å². The number of amides is 2. The molecule has 3 rings (SSSR count). The molecule has 0 heterocycles. The average Bonchev–Trinajstić information content (AvgIpc) is 2.67. The number of aliphatic hydroxyl groups is 1. The van der Waals surface area contributed by atoms with E-state index in [-0.39, 0.29) is 23.9 Å². The third kappa shape index (κ3) is 5.14. The predicted molar refractivity (Wildman–Crippen MR) is 104 cm³/mol. The Hall–Kier alpha value is -2.73. The van der Waals surface area contributed by atoms with E-state index in [2.05, 4.69) is 5.32 Å². The second-order valence-corrected chi connectivity index (χ2v) is 6.92. The molecule has 2 amide bonds. The van der Waals surface area contributed by atoms with E-state index in [1.165, 1.54) is 0 Å². The molecule has 2 aromatic rings. The van der Waals surface area contributed by atoms with Gasteiger partial charge < -0.3 is 25.2 Å². The number of rotatable bonds is 5. The van der Waals surface area contributed by atoms with Crippen LogP contribution in [0.4, 0.5) is 10.5 Å². The first-order chi connectivity index (χ1) is 13.0. The minimum atomic E-state index is -0.287. The van der Waals surface area contributed by atoms with E-state index >= 15 is 0 Å². The number of hydrogen-bond acceptors (Lipinski definition) is 4. The number of methoxy groups -OCH3 is 1. The number of phenolic OH excluding ortho intramolecular Hbond substituents is 1. The minimum Gasteiger partial charge on any atom is -0.508 e. The highest BCUT2D eigenvalue weighted by atomic mass is 16.5. The van der Waals surface area contributed by atoms with Gasteiger partial charge in [-0.3, -0.25) is 0 Å². The normalized spacial score (nSPS) is 19.3. The van der Waals surface area contributed by atoms with Crippen LogP contribution < -0.4 is 10.1 Å². The second-order valence-electron chi connectivity index (χ2n) is 6.92. The molecule has 144 valence electrons. The number of ether oxygens (including phenoxy) is 1. The van der Waals surface area contributed by atoms with Crippen molar-refractivity contribution >= 4 is 11.7 Å². The number of aromatic hydroxyl groups is 1. The molecular formula is C21H26N2O4. The highest BCUT2D eigenvalue weighted by Crippen LogP contribution is 2.26. The van der Waals surface area contributed by atoms with Crippen molar-refractivity contribution in [3.8, 4) is 11.5 Å². The zero-order valence-corrected chi connectivity index (χ0v) is 15.5. The van der Waals surface area contributed by atoms with E-state index in [1.54, 1.807) is 36.3 Å². The molecule has 0 aromatic heterocycles. The molecule has 0 radical (unpaired) electrons. The van der Waals surface area contributed by atoms with E-state index in [0.717, 1.165) is 18.4 Å². The van der Waals surface area contributed by atoms with Gasteiger partial charge in [0.15, 0.2) is 0 Å². The van der Waals surface area contributed by atoms with Crippen molar-refractivity contribution in [2.45, 2.75) is 44.4 Å². The molecule has 0 spiro atoms. The second kappa shape index (κ2) is 8.77. The third-order valence-electron chi connectivity index (χ3n) is 4.95. The van der Waals surface area contributed by atoms with Crippen LogP contribution in [0.2, 0.25) is 0 Å². The summed E-state index contributed by atoms with van der Waals surface area (Å²) in [5.41, 5.74) is 1.53. The zero-order valence-electron chi connectivity index (χ0n) is 15.5. The Labute approximate surface area is 159 Å². The maximum absolute atomic E-state index is 13.0. The van der Waals surface area contributed by atoms with Gasteiger partial charge in [0.1, 0.15) is 11.5 Å². The molecule has 3 N–H and O–H groups in total. The first-order valence-corrected chi connectivity index (χ1v) is 9.23. The van der Waals surface area contributed by atoms with Crippen molar-refractivity contribution in [1.29, 1.82) is 0 Å². The molecule has 6 heteroatoms. The van der Waals surface area contributed by atoms with E-state index in [1.807, 2.05) is 24.3 Å². The maximum atomic E-state index is 13.0. The highest BCUT2D eigenvalue weighted by Gasteiger charge is 2.28. The Morgan fingerprint density at radius 3 is 2.59 bits per heavy atom. The Morgan fingerprint density at radius 1 is 1.15 bits per heavy atom. The van der Waals surface area contributed by atoms with Crippen molar-refractivity contribution in [2.24, 2.45) is 0 Å². The number of carbonyl (C=O) groups excluding carboxylic acids is 1. The summed E-state index contributed by atoms with van der Waals surface area (Å²) in [5, 5.41) is 22.5. The smallest absolute Gasteiger partial charge is 0.322 e. The molecule has 27 heavy (non-hydrogen) atoms. The lowest BCUT2D eigenvalue weighted by molar-refractivity contribution is 0.0849. The summed E-state index contributed by atoms with van der Waals surface area (Å²) in [6.07, 6.45) is 2.60. The fourth-order valence-electron chi connectivity index (χ4n) is 3.48. The Morgan fingerprint density at radius 2 is 1.89 bits per heavy atom. The van der Waals surface area contributed by atoms with E-state index in [0.29, 0.717) is 30.8 Å². The van der Waals surface area contributed by atoms with E-state index < -0.39 is 0 Å². The first-order valence-electron chi connectivity index (χ1n) is 9.23. The molecule has 0 saturated heterocycles. The summed E-state index contributed by atoms with van der Waals surface area (Å²) >= 11 is 0. The number of aliphatic hydroxyl groups excluding tert-OH is 1. The molecule has 0 unspecified atom stereocenters. The minimum absolute atomic E-state index is 0.0429. The van der Waals surface area contributed by atoms with Gasteiger partial charge in [0.2, 0.25) is 0 Å². The summed E-state index contributed by atoms with van der Waals surface area (Å²) in [6.45, 7) is 0.394. The molecule has 1 fully saturated rings. The predicted octanol–water partition coefficient (Wildman–Crippen LogP) is 3.74. The summed E-state index contributed by atoms with van der Waals surface area (Å²) in [6, 6.07) is 14.0. The largest absolute Gasteiger partial charge is 0.508 e. The standard InChI is InChI=1S/C21H26N2O4/c1-27-20-7-3-5-16(13-20)22-21(26)23(17-8-10-18(24)11-9-17)14-15-4-2-6-19(25)12-15/h2-7,12-13,17-18,24-25H,8-11,14H2,1H3,(H,22,26). The Bertz CT molecular complexity index is 772. The molecule has 0 aliphatic heterocycles. The summed E-state index contributed by atoms with van der Waals surface area (Å²) in [7, 11) is 1.59. The van der Waals surface area contributed by atoms with Crippen LogP contribution in [0.3, 0.4) is 0 Å². The SMILES string of the molecule is COc1cccc(NC(=O)N(Cc2cccc(O)c2)C2CCC(O)CC2)c1. The van der Waals surface area contributed by atoms with Crippen LogP contribution in [0.15, 0.2) is 48.5 Å². The van der Waals surface area contributed by atoms with Gasteiger partial charge >= 0.3 is 6.03 Å². The third-order valence-corrected chi connectivity index (χ3v) is 4.95. The molecule has 1 aliphatic rings. The fourth-order valence-corrected chi connectivity index (χ4v) is 3.48. The topological polar surface area (TPSA) is 82.0 Å². The van der Waals surface area contributed by atoms with Gasteiger partial charge in [-0.2, -0.15) is 0 Å². The van der Waals surface area contributed by atoms with E-state index in [9.17, 15) is 15.0 Å². The summed E-state index contributed by atoms with van der Waals surface area (Å²) in [4.78, 5) is 14.8. The number of urea groups is 1. The van der Waals surface area contributed by atoms with Crippen LogP contribution in [0.5, 0.6) is 11.5 Å². The monoisotopic (exact) mass is 370 g/mol. The molecule has 6 nitrogen and oxygen atoms in total. The van der Waals surface area contributed by atoms with Gasteiger partial charge in [-0.25, -0.2) is 4.79 Å². The molecule has 0 atom stereocenters. The van der Waals surface area contributed by atoms with Gasteiger partial charge in [0.25, 0.3) is 0 Å². The van der Waals surface area contributed by atoms with Crippen LogP contribution in [0.1, 0.15) is 31.2 Å². The van der Waals surface area contributed by atoms with Crippen LogP contribution in [-0.4, -0.2) is 40.4 Å². The van der Waals surface area contributed by atoms with Crippen LogP contribution in [0.25, 0.3) is 0 Å². The lowest BCUT2D eigenvalue weighted by atomic mass is 9.92. The average molecular weight is 370 g/mol. The van der Waals surface area contributed by atoms with Gasteiger partial charge in [-0.05, 0) is 55.5 Å². The number of phenols is 1. The van der Waals surface area contributed by atoms with Crippen LogP contribution >= 0.6 is 0 Å². The quantitative estimate of drug-likeness (QED) is 0.749. The lowest BCUT2D eigenvalue weighted by Gasteiger charge is -2.36. The Kier molecular flexibility index (Phi) is 6.19. The summed E-state index contributed by atoms with van der Waals surface area (Å²) < 4.78 is 5.21. The zero-order chi connectivity index (χ0) is 19.2. The van der Waals surface area contributed by atoms with Crippen molar-refractivity contribution < 1.29 is 19.7 Å². The van der Waals surface area contributed by atoms with Gasteiger partial charge in [0.05, 0.1) is 13.2 Å². The first kappa shape index (κ1) is 19.0. The van der Waals surface area contributed by atoms with Crippen molar-refractivity contribution in [3.63, 3.8) is 0 Å². The molecule has 0 bridgehead atoms. The van der Waals surface area contributed by atoms with Crippen molar-refractivity contribution in [3.05, 3.63) is 54.1 Å². The number of anilines is 1. The number of nitrogens with one attached hydrogen (secondary N) is 1. The van der Waals surface area contributed by atoms with Crippen LogP contribution in [0, 0.1) is 0 Å².